The van der Waals surface area contributed by atoms with Gasteiger partial charge < -0.3 is 77.6 Å². The number of nitrogens with zero attached hydrogens (tertiary/aromatic N) is 2. The maximum atomic E-state index is 16.2. The fourth-order valence-electron chi connectivity index (χ4n) is 15.8. The highest BCUT2D eigenvalue weighted by molar-refractivity contribution is 8.77. The SMILES string of the molecule is CCOc1cc2c3c(c(OCC)cc4c3c1C(=O)N([C@H](CCCNC(=O)[C@H](CSSC(C)(C)C)NC(=O)CC(P(=O)(OCc1ccccc1)OCc1ccccc1)P(=O)(OCc1ccccc1)OCc1ccccc1)C(=O)NC)C4=O)C(=O)N([C@H](CCCNC(=O)[C@H](CSSC(C)(C)C)NC(=O)CC(P(=O)(OCc1ccccc1)OCc1ccccc1)P(=O)(OCc1ccccc1)OCc1ccccc1)C(=O)NC)C2=O. The van der Waals surface area contributed by atoms with E-state index in [0.29, 0.717) is 44.5 Å². The van der Waals surface area contributed by atoms with Crippen molar-refractivity contribution >= 4 is 143 Å². The summed E-state index contributed by atoms with van der Waals surface area (Å²) >= 11 is 0. The van der Waals surface area contributed by atoms with Crippen molar-refractivity contribution in [2.45, 2.75) is 191 Å². The summed E-state index contributed by atoms with van der Waals surface area (Å²) in [7, 11) is -11.7. The van der Waals surface area contributed by atoms with Crippen molar-refractivity contribution in [3.05, 3.63) is 322 Å². The van der Waals surface area contributed by atoms with Crippen LogP contribution in [0.1, 0.15) is 180 Å². The van der Waals surface area contributed by atoms with Crippen molar-refractivity contribution in [1.29, 1.82) is 0 Å². The molecule has 10 aromatic carbocycles. The van der Waals surface area contributed by atoms with Crippen molar-refractivity contribution in [3.8, 4) is 11.5 Å². The van der Waals surface area contributed by atoms with Crippen LogP contribution in [-0.4, -0.2) is 165 Å². The van der Waals surface area contributed by atoms with Crippen LogP contribution in [0.4, 0.5) is 0 Å². The molecular weight excluding hydrogens is 2020 g/mol. The Morgan fingerprint density at radius 1 is 0.342 bits per heavy atom. The van der Waals surface area contributed by atoms with E-state index in [1.165, 1.54) is 69.4 Å². The summed E-state index contributed by atoms with van der Waals surface area (Å²) in [6.45, 7) is 11.5. The zero-order chi connectivity index (χ0) is 105. The predicted molar refractivity (Wildman–Crippen MR) is 568 cm³/mol. The summed E-state index contributed by atoms with van der Waals surface area (Å²) in [6.07, 6.45) is -2.63. The van der Waals surface area contributed by atoms with Crippen molar-refractivity contribution in [1.82, 2.24) is 41.7 Å². The average Bonchev–Trinajstić information content (AvgIpc) is 0.691. The molecule has 0 aromatic heterocycles. The van der Waals surface area contributed by atoms with Crippen LogP contribution in [0.3, 0.4) is 0 Å². The molecule has 0 unspecified atom stereocenters. The lowest BCUT2D eigenvalue weighted by atomic mass is 9.83. The van der Waals surface area contributed by atoms with E-state index in [4.69, 9.17) is 45.7 Å². The van der Waals surface area contributed by atoms with Gasteiger partial charge in [-0.15, -0.1) is 0 Å². The second kappa shape index (κ2) is 54.4. The fourth-order valence-corrected chi connectivity index (χ4v) is 31.0. The molecule has 2 heterocycles. The maximum Gasteiger partial charge on any atom is 0.347 e. The Morgan fingerprint density at radius 3 is 0.788 bits per heavy atom. The van der Waals surface area contributed by atoms with Crippen LogP contribution in [0.25, 0.3) is 10.8 Å². The summed E-state index contributed by atoms with van der Waals surface area (Å²) in [5.41, 5.74) is 3.31. The number of imide groups is 2. The van der Waals surface area contributed by atoms with E-state index >= 15 is 47.0 Å². The summed E-state index contributed by atoms with van der Waals surface area (Å²) in [5, 5.41) is 12.1. The minimum Gasteiger partial charge on any atom is -0.493 e. The number of amides is 10. The summed E-state index contributed by atoms with van der Waals surface area (Å²) < 4.78 is 127. The number of carbonyl (C=O) groups excluding carboxylic acids is 10. The largest absolute Gasteiger partial charge is 0.493 e. The number of benzene rings is 10. The van der Waals surface area contributed by atoms with Crippen molar-refractivity contribution in [2.75, 3.05) is 51.9 Å². The monoisotopic (exact) mass is 2140 g/mol. The summed E-state index contributed by atoms with van der Waals surface area (Å²) in [6, 6.07) is 66.4. The third kappa shape index (κ3) is 31.6. The van der Waals surface area contributed by atoms with E-state index in [-0.39, 0.29) is 170 Å². The zero-order valence-corrected chi connectivity index (χ0v) is 89.8. The number of hydrogen-bond acceptors (Lipinski definition) is 28. The van der Waals surface area contributed by atoms with Gasteiger partial charge in [0.05, 0.1) is 101 Å². The van der Waals surface area contributed by atoms with Gasteiger partial charge in [-0.05, 0) is 96.2 Å². The Balaban J connectivity index is 0.782. The predicted octanol–water partition coefficient (Wildman–Crippen LogP) is 20.1. The second-order valence-electron chi connectivity index (χ2n) is 36.1. The average molecular weight is 2150 g/mol. The van der Waals surface area contributed by atoms with Gasteiger partial charge in [0, 0.05) is 59.0 Å². The molecule has 40 heteroatoms. The molecule has 2 aliphatic heterocycles. The zero-order valence-electron chi connectivity index (χ0n) is 83.0. The van der Waals surface area contributed by atoms with Gasteiger partial charge in [0.15, 0.2) is 10.8 Å². The van der Waals surface area contributed by atoms with Gasteiger partial charge in [0.1, 0.15) is 35.7 Å². The van der Waals surface area contributed by atoms with Crippen LogP contribution in [-0.2, 0) is 136 Å². The molecule has 6 N–H and O–H groups in total. The van der Waals surface area contributed by atoms with E-state index in [9.17, 15) is 19.2 Å². The first-order valence-electron chi connectivity index (χ1n) is 47.8. The molecule has 0 saturated carbocycles. The number of likely N-dealkylation sites (N-methyl/N-ethyl adjacent to an activating group) is 2. The van der Waals surface area contributed by atoms with Crippen LogP contribution in [0, 0.1) is 0 Å². The van der Waals surface area contributed by atoms with Crippen LogP contribution in [0.2, 0.25) is 0 Å². The topological polar surface area (TPSA) is 410 Å². The molecule has 12 rings (SSSR count). The van der Waals surface area contributed by atoms with Gasteiger partial charge in [0.2, 0.25) is 35.4 Å². The Bertz CT molecular complexity index is 5560. The Morgan fingerprint density at radius 2 is 0.575 bits per heavy atom. The van der Waals surface area contributed by atoms with Gasteiger partial charge in [-0.25, -0.2) is 0 Å². The molecule has 2 aliphatic rings. The first-order valence-corrected chi connectivity index (χ1v) is 58.9. The summed E-state index contributed by atoms with van der Waals surface area (Å²) in [4.78, 5) is 154. The molecule has 10 aromatic rings. The lowest BCUT2D eigenvalue weighted by Gasteiger charge is -2.37. The first-order chi connectivity index (χ1) is 70.1. The maximum absolute atomic E-state index is 16.2. The van der Waals surface area contributed by atoms with Gasteiger partial charge >= 0.3 is 30.4 Å². The molecule has 32 nitrogen and oxygen atoms in total. The lowest BCUT2D eigenvalue weighted by molar-refractivity contribution is -0.128. The van der Waals surface area contributed by atoms with Crippen molar-refractivity contribution < 1.29 is 112 Å². The smallest absolute Gasteiger partial charge is 0.347 e. The molecule has 776 valence electrons. The third-order valence-electron chi connectivity index (χ3n) is 22.9. The molecule has 146 heavy (non-hydrogen) atoms. The molecule has 0 aliphatic carbocycles. The molecule has 0 bridgehead atoms. The number of rotatable bonds is 58. The Hall–Kier alpha value is -10.8. The van der Waals surface area contributed by atoms with E-state index in [2.05, 4.69) is 31.9 Å². The Labute approximate surface area is 867 Å². The quantitative estimate of drug-likeness (QED) is 0.00892. The molecule has 0 spiro atoms. The molecule has 10 amide bonds. The van der Waals surface area contributed by atoms with E-state index in [1.807, 2.05) is 41.5 Å². The highest BCUT2D eigenvalue weighted by Gasteiger charge is 2.56. The number of ether oxygens (including phenoxy) is 2. The van der Waals surface area contributed by atoms with Crippen LogP contribution >= 0.6 is 73.6 Å². The molecule has 0 radical (unpaired) electrons. The second-order valence-corrected chi connectivity index (χ2v) is 52.1. The number of nitrogens with one attached hydrogen (secondary N) is 6. The molecular formula is C106H124N8O24P4S4. The van der Waals surface area contributed by atoms with Crippen molar-refractivity contribution in [2.24, 2.45) is 0 Å². The third-order valence-corrected chi connectivity index (χ3v) is 40.6. The lowest BCUT2D eigenvalue weighted by Crippen LogP contribution is -2.55. The van der Waals surface area contributed by atoms with Crippen LogP contribution in [0.5, 0.6) is 11.5 Å². The molecule has 0 fully saturated rings. The highest BCUT2D eigenvalue weighted by Crippen LogP contribution is 2.74. The van der Waals surface area contributed by atoms with Crippen LogP contribution < -0.4 is 41.4 Å². The molecule has 4 atom stereocenters. The Kier molecular flexibility index (Phi) is 42.4. The molecule has 0 saturated heterocycles. The highest BCUT2D eigenvalue weighted by atomic mass is 33.1. The van der Waals surface area contributed by atoms with Crippen LogP contribution in [0.15, 0.2) is 255 Å². The van der Waals surface area contributed by atoms with Gasteiger partial charge in [-0.1, -0.05) is 327 Å². The van der Waals surface area contributed by atoms with E-state index < -0.39 is 137 Å². The first kappa shape index (κ1) is 114. The fraction of sp³-hybridized carbons (Fsp3) is 0.358. The minimum absolute atomic E-state index is 0.0646. The minimum atomic E-state index is -4.91. The van der Waals surface area contributed by atoms with Crippen molar-refractivity contribution in [3.63, 3.8) is 0 Å². The standard InChI is InChI=1S/C106H124N8O24P4S4/c1-11-129-87-59-81-94-93-82(102(122)113(103(123)95(87)93)85(99(119)107-9)55-37-57-109-97(117)83(71-143-145-105(3,4)5)111-89(115)61-91(139(125,131-63-73-39-21-13-22-40-73)132-64-74-41-23-14-24-42-74)140(126,133-65-75-43-25-15-26-44-75)134-66-76-45-27-16-28-46-76)60-88(130-12-2)96(94)104(124)114(101(81)121)86(100(120)108-10)56-38-58-110-98(118)84(72-144-146-106(6,7)8)112-90(116)62-92(141(127,135-67-77-47-29-17-30-48-77)136-68-78-49-31-18-32-50-78)142(128,137-69-79-51-33-19-34-52-79)138-70-80-53-35-20-36-54-80/h13-36,39-54,59-60,83-86,91-92H,11-12,37-38,55-58,61-72H2,1-10H3,(H,107,119)(H,108,120)(H,109,117)(H,110,118)(H,111,115)(H,112,116)/t83-,84-,85+,86+/m0/s1. The number of carbonyl (C=O) groups is 10. The summed E-state index contributed by atoms with van der Waals surface area (Å²) in [5.74, 6) is -9.81. The van der Waals surface area contributed by atoms with E-state index in [1.54, 1.807) is 257 Å². The normalized spacial score (nSPS) is 13.8. The van der Waals surface area contributed by atoms with E-state index in [0.717, 1.165) is 9.80 Å². The van der Waals surface area contributed by atoms with Gasteiger partial charge in [-0.2, -0.15) is 0 Å². The number of hydrogen-bond donors (Lipinski definition) is 6. The van der Waals surface area contributed by atoms with Gasteiger partial charge in [-0.3, -0.25) is 76.0 Å². The van der Waals surface area contributed by atoms with Gasteiger partial charge in [0.25, 0.3) is 23.6 Å².